The minimum absolute atomic E-state index is 0.0906. The molecule has 0 N–H and O–H groups in total. The summed E-state index contributed by atoms with van der Waals surface area (Å²) in [6.45, 7) is 0.103. The molecule has 2 rings (SSSR count). The zero-order valence-corrected chi connectivity index (χ0v) is 10.0. The van der Waals surface area contributed by atoms with E-state index in [1.165, 1.54) is 12.1 Å². The first-order valence-corrected chi connectivity index (χ1v) is 5.51. The molecule has 17 heavy (non-hydrogen) atoms. The highest BCUT2D eigenvalue weighted by Crippen LogP contribution is 2.39. The molecule has 0 spiro atoms. The van der Waals surface area contributed by atoms with Gasteiger partial charge in [-0.25, -0.2) is 0 Å². The first-order chi connectivity index (χ1) is 7.89. The van der Waals surface area contributed by atoms with Crippen LogP contribution in [0.15, 0.2) is 22.7 Å². The van der Waals surface area contributed by atoms with E-state index < -0.39 is 17.6 Å². The molecular weight excluding hydrogens is 303 g/mol. The molecule has 0 bridgehead atoms. The standard InChI is InChI=1S/C10H7BrF3NO2/c11-6-1-2-8(7(5-6)10(12,13)14)15-9(16)3-4-17-15/h1-2,5H,3-4H2. The molecule has 1 aliphatic heterocycles. The molecule has 0 aromatic heterocycles. The fourth-order valence-corrected chi connectivity index (χ4v) is 1.88. The molecule has 0 aliphatic carbocycles. The van der Waals surface area contributed by atoms with Crippen LogP contribution in [0.3, 0.4) is 0 Å². The number of hydrogen-bond acceptors (Lipinski definition) is 2. The average Bonchev–Trinajstić information content (AvgIpc) is 2.63. The summed E-state index contributed by atoms with van der Waals surface area (Å²) < 4.78 is 38.7. The van der Waals surface area contributed by atoms with Crippen LogP contribution in [0.2, 0.25) is 0 Å². The Morgan fingerprint density at radius 1 is 1.35 bits per heavy atom. The summed E-state index contributed by atoms with van der Waals surface area (Å²) in [5, 5.41) is 0.704. The van der Waals surface area contributed by atoms with Gasteiger partial charge < -0.3 is 0 Å². The molecule has 1 aromatic carbocycles. The fourth-order valence-electron chi connectivity index (χ4n) is 1.51. The molecule has 1 aromatic rings. The van der Waals surface area contributed by atoms with Gasteiger partial charge >= 0.3 is 6.18 Å². The molecule has 1 aliphatic rings. The number of hydroxylamine groups is 1. The van der Waals surface area contributed by atoms with Gasteiger partial charge in [-0.3, -0.25) is 9.63 Å². The SMILES string of the molecule is O=C1CCON1c1ccc(Br)cc1C(F)(F)F. The number of benzene rings is 1. The third-order valence-corrected chi connectivity index (χ3v) is 2.74. The quantitative estimate of drug-likeness (QED) is 0.797. The van der Waals surface area contributed by atoms with Crippen LogP contribution in [0, 0.1) is 0 Å². The Labute approximate surface area is 103 Å². The van der Waals surface area contributed by atoms with Crippen LogP contribution in [0.1, 0.15) is 12.0 Å². The summed E-state index contributed by atoms with van der Waals surface area (Å²) in [7, 11) is 0. The highest BCUT2D eigenvalue weighted by Gasteiger charge is 2.38. The largest absolute Gasteiger partial charge is 0.418 e. The van der Waals surface area contributed by atoms with Crippen LogP contribution in [0.25, 0.3) is 0 Å². The number of carbonyl (C=O) groups excluding carboxylic acids is 1. The van der Waals surface area contributed by atoms with Crippen LogP contribution >= 0.6 is 15.9 Å². The van der Waals surface area contributed by atoms with Gasteiger partial charge in [0.1, 0.15) is 0 Å². The van der Waals surface area contributed by atoms with Gasteiger partial charge in [-0.15, -0.1) is 0 Å². The van der Waals surface area contributed by atoms with Crippen molar-refractivity contribution in [2.75, 3.05) is 11.7 Å². The molecule has 7 heteroatoms. The summed E-state index contributed by atoms with van der Waals surface area (Å²) in [5.41, 5.74) is -1.18. The van der Waals surface area contributed by atoms with Crippen LogP contribution in [-0.4, -0.2) is 12.5 Å². The Kier molecular flexibility index (Phi) is 3.13. The molecule has 0 saturated carbocycles. The topological polar surface area (TPSA) is 29.5 Å². The van der Waals surface area contributed by atoms with Crippen molar-refractivity contribution in [1.29, 1.82) is 0 Å². The van der Waals surface area contributed by atoms with Crippen molar-refractivity contribution in [3.05, 3.63) is 28.2 Å². The first kappa shape index (κ1) is 12.4. The van der Waals surface area contributed by atoms with E-state index in [0.717, 1.165) is 6.07 Å². The van der Waals surface area contributed by atoms with Gasteiger partial charge in [0.25, 0.3) is 5.91 Å². The van der Waals surface area contributed by atoms with E-state index in [-0.39, 0.29) is 18.7 Å². The lowest BCUT2D eigenvalue weighted by Gasteiger charge is -2.19. The second-order valence-electron chi connectivity index (χ2n) is 3.43. The predicted molar refractivity (Wildman–Crippen MR) is 57.2 cm³/mol. The summed E-state index contributed by atoms with van der Waals surface area (Å²) in [4.78, 5) is 16.3. The van der Waals surface area contributed by atoms with E-state index in [0.29, 0.717) is 9.54 Å². The molecule has 1 fully saturated rings. The second-order valence-corrected chi connectivity index (χ2v) is 4.35. The fraction of sp³-hybridized carbons (Fsp3) is 0.300. The van der Waals surface area contributed by atoms with Gasteiger partial charge in [-0.2, -0.15) is 18.2 Å². The maximum atomic E-state index is 12.8. The molecule has 0 unspecified atom stereocenters. The van der Waals surface area contributed by atoms with Crippen molar-refractivity contribution in [2.45, 2.75) is 12.6 Å². The summed E-state index contributed by atoms with van der Waals surface area (Å²) in [6, 6.07) is 3.56. The normalized spacial score (nSPS) is 16.7. The van der Waals surface area contributed by atoms with Gasteiger partial charge in [0, 0.05) is 4.47 Å². The van der Waals surface area contributed by atoms with E-state index in [1.807, 2.05) is 0 Å². The number of hydrogen-bond donors (Lipinski definition) is 0. The Morgan fingerprint density at radius 2 is 2.06 bits per heavy atom. The highest BCUT2D eigenvalue weighted by atomic mass is 79.9. The number of alkyl halides is 3. The van der Waals surface area contributed by atoms with Crippen molar-refractivity contribution in [2.24, 2.45) is 0 Å². The number of carbonyl (C=O) groups is 1. The minimum atomic E-state index is -4.54. The number of halogens is 4. The van der Waals surface area contributed by atoms with Crippen molar-refractivity contribution in [3.63, 3.8) is 0 Å². The lowest BCUT2D eigenvalue weighted by Crippen LogP contribution is -2.25. The van der Waals surface area contributed by atoms with Gasteiger partial charge in [0.15, 0.2) is 0 Å². The molecule has 92 valence electrons. The highest BCUT2D eigenvalue weighted by molar-refractivity contribution is 9.10. The summed E-state index contributed by atoms with van der Waals surface area (Å²) in [5.74, 6) is -0.474. The summed E-state index contributed by atoms with van der Waals surface area (Å²) >= 11 is 2.97. The van der Waals surface area contributed by atoms with Crippen LogP contribution in [0.5, 0.6) is 0 Å². The average molecular weight is 310 g/mol. The molecule has 1 heterocycles. The van der Waals surface area contributed by atoms with Crippen molar-refractivity contribution in [3.8, 4) is 0 Å². The first-order valence-electron chi connectivity index (χ1n) is 4.72. The smallest absolute Gasteiger partial charge is 0.272 e. The molecule has 0 radical (unpaired) electrons. The van der Waals surface area contributed by atoms with Gasteiger partial charge in [0.2, 0.25) is 0 Å². The Bertz CT molecular complexity index is 461. The number of nitrogens with zero attached hydrogens (tertiary/aromatic N) is 1. The molecule has 1 amide bonds. The van der Waals surface area contributed by atoms with E-state index in [2.05, 4.69) is 15.9 Å². The zero-order chi connectivity index (χ0) is 12.6. The monoisotopic (exact) mass is 309 g/mol. The van der Waals surface area contributed by atoms with Gasteiger partial charge in [-0.1, -0.05) is 15.9 Å². The molecule has 3 nitrogen and oxygen atoms in total. The lowest BCUT2D eigenvalue weighted by atomic mass is 10.1. The minimum Gasteiger partial charge on any atom is -0.272 e. The third kappa shape index (κ3) is 2.44. The van der Waals surface area contributed by atoms with E-state index in [4.69, 9.17) is 4.84 Å². The Balaban J connectivity index is 2.50. The van der Waals surface area contributed by atoms with Crippen molar-refractivity contribution in [1.82, 2.24) is 0 Å². The van der Waals surface area contributed by atoms with E-state index in [9.17, 15) is 18.0 Å². The molecule has 0 atom stereocenters. The number of anilines is 1. The molecular formula is C10H7BrF3NO2. The van der Waals surface area contributed by atoms with Crippen LogP contribution < -0.4 is 5.06 Å². The van der Waals surface area contributed by atoms with Crippen LogP contribution in [0.4, 0.5) is 18.9 Å². The van der Waals surface area contributed by atoms with Gasteiger partial charge in [0.05, 0.1) is 24.3 Å². The third-order valence-electron chi connectivity index (χ3n) is 2.25. The maximum absolute atomic E-state index is 12.8. The maximum Gasteiger partial charge on any atom is 0.418 e. The number of rotatable bonds is 1. The summed E-state index contributed by atoms with van der Waals surface area (Å²) in [6.07, 6.45) is -4.45. The van der Waals surface area contributed by atoms with Gasteiger partial charge in [-0.05, 0) is 18.2 Å². The van der Waals surface area contributed by atoms with Crippen molar-refractivity contribution >= 4 is 27.5 Å². The van der Waals surface area contributed by atoms with Crippen LogP contribution in [-0.2, 0) is 15.8 Å². The predicted octanol–water partition coefficient (Wildman–Crippen LogP) is 3.14. The van der Waals surface area contributed by atoms with Crippen molar-refractivity contribution < 1.29 is 22.8 Å². The zero-order valence-electron chi connectivity index (χ0n) is 8.42. The lowest BCUT2D eigenvalue weighted by molar-refractivity contribution is -0.137. The van der Waals surface area contributed by atoms with E-state index >= 15 is 0 Å². The second kappa shape index (κ2) is 4.30. The molecule has 1 saturated heterocycles. The van der Waals surface area contributed by atoms with E-state index in [1.54, 1.807) is 0 Å². The number of amides is 1. The Morgan fingerprint density at radius 3 is 2.59 bits per heavy atom. The Hall–Kier alpha value is -1.08.